The monoisotopic (exact) mass is 523 g/mol. The van der Waals surface area contributed by atoms with Gasteiger partial charge in [-0.1, -0.05) is 6.92 Å². The molecule has 4 atom stereocenters. The van der Waals surface area contributed by atoms with Crippen molar-refractivity contribution in [1.82, 2.24) is 25.6 Å². The number of ether oxygens (including phenoxy) is 1. The SMILES string of the molecule is Cc1[nH]c2c(-c3cc(F)ccc3OCC3CC3)ncnc2c1C(=O)N[C@@H]1CC[C@H](NC(=O)[C@H](C)O)C[C@H]1C. The number of hydrogen-bond acceptors (Lipinski definition) is 6. The molecule has 0 saturated heterocycles. The van der Waals surface area contributed by atoms with Gasteiger partial charge >= 0.3 is 0 Å². The average Bonchev–Trinajstić information content (AvgIpc) is 3.64. The van der Waals surface area contributed by atoms with Crippen LogP contribution in [-0.4, -0.2) is 56.7 Å². The van der Waals surface area contributed by atoms with Crippen molar-refractivity contribution in [3.8, 4) is 17.0 Å². The van der Waals surface area contributed by atoms with Gasteiger partial charge in [-0.15, -0.1) is 0 Å². The quantitative estimate of drug-likeness (QED) is 0.357. The van der Waals surface area contributed by atoms with E-state index in [-0.39, 0.29) is 29.8 Å². The van der Waals surface area contributed by atoms with E-state index < -0.39 is 11.9 Å². The zero-order valence-corrected chi connectivity index (χ0v) is 21.9. The minimum absolute atomic E-state index is 0.0343. The van der Waals surface area contributed by atoms with Crippen LogP contribution in [0.3, 0.4) is 0 Å². The predicted octanol–water partition coefficient (Wildman–Crippen LogP) is 3.65. The summed E-state index contributed by atoms with van der Waals surface area (Å²) < 4.78 is 20.3. The summed E-state index contributed by atoms with van der Waals surface area (Å²) in [7, 11) is 0. The van der Waals surface area contributed by atoms with Crippen LogP contribution < -0.4 is 15.4 Å². The maximum atomic E-state index is 14.3. The zero-order valence-electron chi connectivity index (χ0n) is 21.9. The molecule has 5 rings (SSSR count). The molecule has 2 saturated carbocycles. The molecule has 10 heteroatoms. The van der Waals surface area contributed by atoms with E-state index in [0.717, 1.165) is 12.8 Å². The predicted molar refractivity (Wildman–Crippen MR) is 140 cm³/mol. The largest absolute Gasteiger partial charge is 0.493 e. The molecule has 1 aromatic carbocycles. The van der Waals surface area contributed by atoms with Gasteiger partial charge in [-0.05, 0) is 76.0 Å². The first-order valence-corrected chi connectivity index (χ1v) is 13.3. The van der Waals surface area contributed by atoms with E-state index in [4.69, 9.17) is 4.74 Å². The lowest BCUT2D eigenvalue weighted by atomic mass is 9.82. The van der Waals surface area contributed by atoms with Gasteiger partial charge in [0.15, 0.2) is 0 Å². The van der Waals surface area contributed by atoms with E-state index >= 15 is 0 Å². The highest BCUT2D eigenvalue weighted by molar-refractivity contribution is 6.09. The number of aliphatic hydroxyl groups is 1. The first-order chi connectivity index (χ1) is 18.2. The Morgan fingerprint density at radius 3 is 2.71 bits per heavy atom. The van der Waals surface area contributed by atoms with E-state index in [1.807, 2.05) is 13.8 Å². The lowest BCUT2D eigenvalue weighted by molar-refractivity contribution is -0.129. The minimum atomic E-state index is -1.05. The van der Waals surface area contributed by atoms with Gasteiger partial charge in [0, 0.05) is 23.3 Å². The summed E-state index contributed by atoms with van der Waals surface area (Å²) >= 11 is 0. The number of aryl methyl sites for hydroxylation is 1. The number of nitrogens with one attached hydrogen (secondary N) is 3. The molecular formula is C28H34FN5O4. The summed E-state index contributed by atoms with van der Waals surface area (Å²) in [6.07, 6.45) is 4.72. The number of aliphatic hydroxyl groups excluding tert-OH is 1. The highest BCUT2D eigenvalue weighted by atomic mass is 19.1. The smallest absolute Gasteiger partial charge is 0.255 e. The number of rotatable bonds is 8. The molecule has 9 nitrogen and oxygen atoms in total. The Morgan fingerprint density at radius 2 is 2.00 bits per heavy atom. The number of nitrogens with zero attached hydrogens (tertiary/aromatic N) is 2. The van der Waals surface area contributed by atoms with E-state index in [1.54, 1.807) is 6.07 Å². The number of hydrogen-bond donors (Lipinski definition) is 4. The standard InChI is InChI=1S/C28H34FN5O4/c1-14-10-19(33-27(36)16(3)35)7-8-21(14)34-28(37)23-15(2)32-26-24(30-13-31-25(23)26)20-11-18(29)6-9-22(20)38-12-17-4-5-17/h6,9,11,13-14,16-17,19,21,32,35H,4-5,7-8,10,12H2,1-3H3,(H,33,36)(H,34,37)/t14-,16+,19+,21-/m1/s1. The molecule has 38 heavy (non-hydrogen) atoms. The van der Waals surface area contributed by atoms with Crippen molar-refractivity contribution in [3.05, 3.63) is 41.6 Å². The first kappa shape index (κ1) is 26.1. The second kappa shape index (κ2) is 10.7. The Morgan fingerprint density at radius 1 is 1.21 bits per heavy atom. The van der Waals surface area contributed by atoms with Crippen LogP contribution in [-0.2, 0) is 4.79 Å². The molecule has 2 fully saturated rings. The summed E-state index contributed by atoms with van der Waals surface area (Å²) in [5.74, 6) is 0.181. The van der Waals surface area contributed by atoms with Crippen molar-refractivity contribution in [2.45, 2.75) is 71.1 Å². The molecule has 4 N–H and O–H groups in total. The summed E-state index contributed by atoms with van der Waals surface area (Å²) in [4.78, 5) is 37.4. The molecule has 202 valence electrons. The summed E-state index contributed by atoms with van der Waals surface area (Å²) in [5.41, 5.74) is 3.07. The van der Waals surface area contributed by atoms with E-state index in [2.05, 4.69) is 25.6 Å². The fraction of sp³-hybridized carbons (Fsp3) is 0.500. The lowest BCUT2D eigenvalue weighted by Gasteiger charge is -2.35. The van der Waals surface area contributed by atoms with E-state index in [0.29, 0.717) is 71.1 Å². The maximum Gasteiger partial charge on any atom is 0.255 e. The van der Waals surface area contributed by atoms with Gasteiger partial charge in [-0.3, -0.25) is 9.59 Å². The second-order valence-corrected chi connectivity index (χ2v) is 10.7. The number of aromatic amines is 1. The first-order valence-electron chi connectivity index (χ1n) is 13.3. The molecule has 0 radical (unpaired) electrons. The van der Waals surface area contributed by atoms with Crippen LogP contribution in [0.4, 0.5) is 4.39 Å². The maximum absolute atomic E-state index is 14.3. The molecular weight excluding hydrogens is 489 g/mol. The number of H-pyrrole nitrogens is 1. The fourth-order valence-electron chi connectivity index (χ4n) is 5.21. The van der Waals surface area contributed by atoms with Gasteiger partial charge in [0.2, 0.25) is 5.91 Å². The molecule has 2 aliphatic rings. The Bertz CT molecular complexity index is 1350. The van der Waals surface area contributed by atoms with Crippen molar-refractivity contribution in [3.63, 3.8) is 0 Å². The van der Waals surface area contributed by atoms with Crippen molar-refractivity contribution in [2.75, 3.05) is 6.61 Å². The number of benzene rings is 1. The van der Waals surface area contributed by atoms with Crippen LogP contribution in [0.5, 0.6) is 5.75 Å². The van der Waals surface area contributed by atoms with Crippen LogP contribution in [0.15, 0.2) is 24.5 Å². The number of fused-ring (bicyclic) bond motifs is 1. The van der Waals surface area contributed by atoms with E-state index in [9.17, 15) is 19.1 Å². The Hall–Kier alpha value is -3.53. The van der Waals surface area contributed by atoms with Gasteiger partial charge in [0.05, 0.1) is 17.7 Å². The lowest BCUT2D eigenvalue weighted by Crippen LogP contribution is -2.49. The number of carbonyl (C=O) groups is 2. The van der Waals surface area contributed by atoms with Crippen LogP contribution >= 0.6 is 0 Å². The zero-order chi connectivity index (χ0) is 27.0. The molecule has 2 aliphatic carbocycles. The van der Waals surface area contributed by atoms with Crippen LogP contribution in [0.2, 0.25) is 0 Å². The summed E-state index contributed by atoms with van der Waals surface area (Å²) in [6.45, 7) is 5.87. The summed E-state index contributed by atoms with van der Waals surface area (Å²) in [6, 6.07) is 4.28. The molecule has 0 unspecified atom stereocenters. The fourth-order valence-corrected chi connectivity index (χ4v) is 5.21. The average molecular weight is 524 g/mol. The topological polar surface area (TPSA) is 129 Å². The third kappa shape index (κ3) is 5.50. The van der Waals surface area contributed by atoms with Crippen molar-refractivity contribution >= 4 is 22.8 Å². The number of halogens is 1. The summed E-state index contributed by atoms with van der Waals surface area (Å²) in [5, 5.41) is 15.5. The van der Waals surface area contributed by atoms with Gasteiger partial charge in [0.25, 0.3) is 5.91 Å². The highest BCUT2D eigenvalue weighted by Crippen LogP contribution is 2.37. The van der Waals surface area contributed by atoms with Crippen LogP contribution in [0.25, 0.3) is 22.3 Å². The van der Waals surface area contributed by atoms with Crippen molar-refractivity contribution in [2.24, 2.45) is 11.8 Å². The molecule has 2 amide bonds. The van der Waals surface area contributed by atoms with Crippen LogP contribution in [0.1, 0.15) is 62.0 Å². The van der Waals surface area contributed by atoms with Gasteiger partial charge in [-0.25, -0.2) is 14.4 Å². The molecule has 0 bridgehead atoms. The van der Waals surface area contributed by atoms with Gasteiger partial charge in [0.1, 0.15) is 35.2 Å². The van der Waals surface area contributed by atoms with Crippen molar-refractivity contribution < 1.29 is 23.8 Å². The Kier molecular flexibility index (Phi) is 7.34. The molecule has 2 aromatic heterocycles. The second-order valence-electron chi connectivity index (χ2n) is 10.7. The van der Waals surface area contributed by atoms with Crippen LogP contribution in [0, 0.1) is 24.6 Å². The number of amides is 2. The highest BCUT2D eigenvalue weighted by Gasteiger charge is 2.32. The normalized spacial score (nSPS) is 22.2. The third-order valence-corrected chi connectivity index (χ3v) is 7.58. The number of carbonyl (C=O) groups excluding carboxylic acids is 2. The van der Waals surface area contributed by atoms with Gasteiger partial charge < -0.3 is 25.5 Å². The van der Waals surface area contributed by atoms with E-state index in [1.165, 1.54) is 25.4 Å². The third-order valence-electron chi connectivity index (χ3n) is 7.58. The molecule has 2 heterocycles. The molecule has 0 spiro atoms. The number of aromatic nitrogens is 3. The minimum Gasteiger partial charge on any atom is -0.493 e. The van der Waals surface area contributed by atoms with Crippen molar-refractivity contribution in [1.29, 1.82) is 0 Å². The molecule has 3 aromatic rings. The molecule has 0 aliphatic heterocycles. The Labute approximate surface area is 220 Å². The van der Waals surface area contributed by atoms with Gasteiger partial charge in [-0.2, -0.15) is 0 Å². The Balaban J connectivity index is 1.37.